The molecule has 0 aliphatic carbocycles. The molecule has 2 rings (SSSR count). The number of nitrogens with two attached hydrogens (primary N) is 1. The van der Waals surface area contributed by atoms with Crippen LogP contribution in [-0.2, 0) is 13.6 Å². The maximum Gasteiger partial charge on any atom is 0.191 e. The van der Waals surface area contributed by atoms with Gasteiger partial charge in [-0.05, 0) is 17.7 Å². The van der Waals surface area contributed by atoms with Gasteiger partial charge < -0.3 is 20.1 Å². The number of methoxy groups -OCH3 is 1. The Hall–Kier alpha value is -1.57. The molecule has 6 nitrogen and oxygen atoms in total. The minimum absolute atomic E-state index is 0.350. The van der Waals surface area contributed by atoms with Crippen molar-refractivity contribution < 1.29 is 9.84 Å². The molecule has 0 bridgehead atoms. The van der Waals surface area contributed by atoms with Gasteiger partial charge in [0.25, 0.3) is 0 Å². The zero-order valence-corrected chi connectivity index (χ0v) is 12.3. The number of ether oxygens (including phenoxy) is 1. The summed E-state index contributed by atoms with van der Waals surface area (Å²) >= 11 is 1.44. The average molecular weight is 294 g/mol. The van der Waals surface area contributed by atoms with Crippen molar-refractivity contribution in [3.8, 4) is 5.75 Å². The summed E-state index contributed by atoms with van der Waals surface area (Å²) in [5, 5.41) is 19.0. The molecule has 7 heteroatoms. The fraction of sp³-hybridized carbons (Fsp3) is 0.385. The number of hydrogen-bond donors (Lipinski definition) is 2. The van der Waals surface area contributed by atoms with Gasteiger partial charge in [-0.25, -0.2) is 0 Å². The van der Waals surface area contributed by atoms with Crippen LogP contribution in [0.1, 0.15) is 17.5 Å². The molecular weight excluding hydrogens is 276 g/mol. The van der Waals surface area contributed by atoms with E-state index in [0.717, 1.165) is 22.3 Å². The quantitative estimate of drug-likeness (QED) is 0.776. The van der Waals surface area contributed by atoms with Crippen molar-refractivity contribution in [1.82, 2.24) is 14.8 Å². The van der Waals surface area contributed by atoms with E-state index in [1.807, 2.05) is 35.9 Å². The molecule has 0 fully saturated rings. The van der Waals surface area contributed by atoms with Crippen LogP contribution in [0.4, 0.5) is 0 Å². The number of hydrogen-bond acceptors (Lipinski definition) is 6. The third-order valence-electron chi connectivity index (χ3n) is 2.96. The minimum atomic E-state index is -0.590. The first-order valence-electron chi connectivity index (χ1n) is 6.19. The highest BCUT2D eigenvalue weighted by molar-refractivity contribution is 7.99. The van der Waals surface area contributed by atoms with Gasteiger partial charge in [0.2, 0.25) is 0 Å². The highest BCUT2D eigenvalue weighted by Gasteiger charge is 2.13. The molecule has 1 aromatic heterocycles. The summed E-state index contributed by atoms with van der Waals surface area (Å²) in [6, 6.07) is 7.40. The molecule has 0 spiro atoms. The largest absolute Gasteiger partial charge is 0.497 e. The molecule has 108 valence electrons. The monoisotopic (exact) mass is 294 g/mol. The van der Waals surface area contributed by atoms with E-state index in [0.29, 0.717) is 12.3 Å². The second kappa shape index (κ2) is 6.74. The van der Waals surface area contributed by atoms with E-state index in [9.17, 15) is 5.11 Å². The van der Waals surface area contributed by atoms with Crippen molar-refractivity contribution >= 4 is 11.8 Å². The predicted octanol–water partition coefficient (Wildman–Crippen LogP) is 1.11. The summed E-state index contributed by atoms with van der Waals surface area (Å²) in [6.45, 7) is 0.350. The molecule has 1 atom stereocenters. The van der Waals surface area contributed by atoms with E-state index >= 15 is 0 Å². The lowest BCUT2D eigenvalue weighted by molar-refractivity contribution is 0.203. The van der Waals surface area contributed by atoms with Gasteiger partial charge in [0.15, 0.2) is 5.16 Å². The van der Waals surface area contributed by atoms with Crippen LogP contribution in [0.25, 0.3) is 0 Å². The second-order valence-corrected chi connectivity index (χ2v) is 5.25. The van der Waals surface area contributed by atoms with Crippen LogP contribution in [-0.4, -0.2) is 32.7 Å². The summed E-state index contributed by atoms with van der Waals surface area (Å²) in [6.07, 6.45) is -0.590. The summed E-state index contributed by atoms with van der Waals surface area (Å²) < 4.78 is 6.98. The molecule has 20 heavy (non-hydrogen) atoms. The van der Waals surface area contributed by atoms with Gasteiger partial charge in [-0.15, -0.1) is 10.2 Å². The lowest BCUT2D eigenvalue weighted by atomic mass is 10.1. The molecule has 0 aliphatic rings. The van der Waals surface area contributed by atoms with Crippen molar-refractivity contribution in [2.24, 2.45) is 12.8 Å². The van der Waals surface area contributed by atoms with Crippen molar-refractivity contribution in [2.75, 3.05) is 12.9 Å². The third kappa shape index (κ3) is 3.30. The SMILES string of the molecule is COc1cccc(C(O)CSc2nnc(CN)n2C)c1. The van der Waals surface area contributed by atoms with E-state index in [1.165, 1.54) is 11.8 Å². The van der Waals surface area contributed by atoms with E-state index < -0.39 is 6.10 Å². The van der Waals surface area contributed by atoms with Crippen molar-refractivity contribution in [2.45, 2.75) is 17.8 Å². The van der Waals surface area contributed by atoms with Gasteiger partial charge in [-0.1, -0.05) is 23.9 Å². The zero-order valence-electron chi connectivity index (χ0n) is 11.5. The van der Waals surface area contributed by atoms with Crippen LogP contribution in [0.2, 0.25) is 0 Å². The average Bonchev–Trinajstić information content (AvgIpc) is 2.85. The van der Waals surface area contributed by atoms with Crippen LogP contribution in [0.3, 0.4) is 0 Å². The Labute approximate surface area is 122 Å². The Morgan fingerprint density at radius 2 is 2.25 bits per heavy atom. The second-order valence-electron chi connectivity index (χ2n) is 4.27. The Morgan fingerprint density at radius 1 is 1.45 bits per heavy atom. The number of nitrogens with zero attached hydrogens (tertiary/aromatic N) is 3. The van der Waals surface area contributed by atoms with Gasteiger partial charge in [0.05, 0.1) is 19.8 Å². The Kier molecular flexibility index (Phi) is 4.99. The lowest BCUT2D eigenvalue weighted by Gasteiger charge is -2.11. The Balaban J connectivity index is 2.00. The molecule has 3 N–H and O–H groups in total. The summed E-state index contributed by atoms with van der Waals surface area (Å²) in [4.78, 5) is 0. The smallest absolute Gasteiger partial charge is 0.191 e. The fourth-order valence-corrected chi connectivity index (χ4v) is 2.64. The van der Waals surface area contributed by atoms with Crippen molar-refractivity contribution in [3.63, 3.8) is 0 Å². The van der Waals surface area contributed by atoms with Crippen LogP contribution in [0, 0.1) is 0 Å². The predicted molar refractivity (Wildman–Crippen MR) is 77.6 cm³/mol. The third-order valence-corrected chi connectivity index (χ3v) is 4.05. The molecule has 0 radical (unpaired) electrons. The van der Waals surface area contributed by atoms with Crippen molar-refractivity contribution in [3.05, 3.63) is 35.7 Å². The normalized spacial score (nSPS) is 12.4. The van der Waals surface area contributed by atoms with Gasteiger partial charge in [-0.3, -0.25) is 0 Å². The topological polar surface area (TPSA) is 86.2 Å². The highest BCUT2D eigenvalue weighted by atomic mass is 32.2. The highest BCUT2D eigenvalue weighted by Crippen LogP contribution is 2.25. The van der Waals surface area contributed by atoms with E-state index in [2.05, 4.69) is 10.2 Å². The molecule has 0 amide bonds. The van der Waals surface area contributed by atoms with Crippen molar-refractivity contribution in [1.29, 1.82) is 0 Å². The van der Waals surface area contributed by atoms with E-state index in [1.54, 1.807) is 7.11 Å². The molecule has 2 aromatic rings. The summed E-state index contributed by atoms with van der Waals surface area (Å²) in [7, 11) is 3.47. The van der Waals surface area contributed by atoms with Crippen LogP contribution in [0.15, 0.2) is 29.4 Å². The molecule has 0 aliphatic heterocycles. The molecular formula is C13H18N4O2S. The number of thioether (sulfide) groups is 1. The number of aromatic nitrogens is 3. The number of aliphatic hydroxyl groups excluding tert-OH is 1. The van der Waals surface area contributed by atoms with Crippen LogP contribution < -0.4 is 10.5 Å². The number of rotatable bonds is 6. The minimum Gasteiger partial charge on any atom is -0.497 e. The van der Waals surface area contributed by atoms with Crippen LogP contribution in [0.5, 0.6) is 5.75 Å². The molecule has 1 aromatic carbocycles. The Morgan fingerprint density at radius 3 is 2.90 bits per heavy atom. The van der Waals surface area contributed by atoms with Gasteiger partial charge >= 0.3 is 0 Å². The van der Waals surface area contributed by atoms with E-state index in [4.69, 9.17) is 10.5 Å². The molecule has 0 saturated heterocycles. The lowest BCUT2D eigenvalue weighted by Crippen LogP contribution is -2.06. The summed E-state index contributed by atoms with van der Waals surface area (Å²) in [5.74, 6) is 1.95. The molecule has 1 heterocycles. The van der Waals surface area contributed by atoms with E-state index in [-0.39, 0.29) is 0 Å². The molecule has 0 saturated carbocycles. The Bertz CT molecular complexity index is 573. The summed E-state index contributed by atoms with van der Waals surface area (Å²) in [5.41, 5.74) is 6.36. The first-order valence-corrected chi connectivity index (χ1v) is 7.17. The fourth-order valence-electron chi connectivity index (χ4n) is 1.75. The number of aliphatic hydroxyl groups is 1. The first-order chi connectivity index (χ1) is 9.65. The number of benzene rings is 1. The van der Waals surface area contributed by atoms with Gasteiger partial charge in [0.1, 0.15) is 11.6 Å². The molecule has 1 unspecified atom stereocenters. The standard InChI is InChI=1S/C13H18N4O2S/c1-17-12(7-14)15-16-13(17)20-8-11(18)9-4-3-5-10(6-9)19-2/h3-6,11,18H,7-8,14H2,1-2H3. The maximum atomic E-state index is 10.2. The maximum absolute atomic E-state index is 10.2. The van der Waals surface area contributed by atoms with Crippen LogP contribution >= 0.6 is 11.8 Å². The van der Waals surface area contributed by atoms with Gasteiger partial charge in [-0.2, -0.15) is 0 Å². The zero-order chi connectivity index (χ0) is 14.5. The van der Waals surface area contributed by atoms with Gasteiger partial charge in [0, 0.05) is 12.8 Å². The first kappa shape index (κ1) is 14.8.